The molecule has 1 saturated heterocycles. The van der Waals surface area contributed by atoms with Crippen molar-refractivity contribution in [2.24, 2.45) is 0 Å². The van der Waals surface area contributed by atoms with E-state index in [1.54, 1.807) is 12.1 Å². The molecule has 1 aromatic carbocycles. The molecule has 2 amide bonds. The molecule has 0 aliphatic carbocycles. The van der Waals surface area contributed by atoms with E-state index in [0.717, 1.165) is 45.6 Å². The maximum absolute atomic E-state index is 12.4. The van der Waals surface area contributed by atoms with Gasteiger partial charge in [0, 0.05) is 31.7 Å². The minimum Gasteiger partial charge on any atom is -0.343 e. The van der Waals surface area contributed by atoms with Crippen molar-refractivity contribution in [3.63, 3.8) is 0 Å². The molecule has 1 fully saturated rings. The van der Waals surface area contributed by atoms with Crippen LogP contribution in [0, 0.1) is 0 Å². The van der Waals surface area contributed by atoms with E-state index in [2.05, 4.69) is 30.1 Å². The molecule has 0 bridgehead atoms. The van der Waals surface area contributed by atoms with Crippen LogP contribution < -0.4 is 5.32 Å². The zero-order valence-electron chi connectivity index (χ0n) is 15.3. The Morgan fingerprint density at radius 3 is 2.56 bits per heavy atom. The summed E-state index contributed by atoms with van der Waals surface area (Å²) in [6.45, 7) is 8.75. The van der Waals surface area contributed by atoms with E-state index in [0.29, 0.717) is 5.56 Å². The summed E-state index contributed by atoms with van der Waals surface area (Å²) in [4.78, 5) is 28.7. The predicted molar refractivity (Wildman–Crippen MR) is 100 cm³/mol. The molecule has 2 rings (SSSR count). The molecule has 136 valence electrons. The molecule has 1 heterocycles. The van der Waals surface area contributed by atoms with Crippen LogP contribution in [0.2, 0.25) is 0 Å². The topological polar surface area (TPSA) is 52.6 Å². The van der Waals surface area contributed by atoms with Gasteiger partial charge in [0.25, 0.3) is 5.91 Å². The lowest BCUT2D eigenvalue weighted by atomic mass is 10.2. The van der Waals surface area contributed by atoms with Crippen LogP contribution in [0.15, 0.2) is 42.0 Å². The Labute approximate surface area is 150 Å². The van der Waals surface area contributed by atoms with E-state index in [-0.39, 0.29) is 18.4 Å². The predicted octanol–water partition coefficient (Wildman–Crippen LogP) is 2.31. The number of allylic oxidation sites excluding steroid dienone is 1. The van der Waals surface area contributed by atoms with Crippen LogP contribution in [-0.4, -0.2) is 60.9 Å². The Morgan fingerprint density at radius 2 is 1.84 bits per heavy atom. The normalized spacial score (nSPS) is 15.4. The van der Waals surface area contributed by atoms with Crippen molar-refractivity contribution in [2.45, 2.75) is 26.7 Å². The third-order valence-corrected chi connectivity index (χ3v) is 4.38. The first-order valence-electron chi connectivity index (χ1n) is 9.03. The highest BCUT2D eigenvalue weighted by Crippen LogP contribution is 2.05. The second kappa shape index (κ2) is 9.99. The van der Waals surface area contributed by atoms with Crippen LogP contribution in [0.5, 0.6) is 0 Å². The fraction of sp³-hybridized carbons (Fsp3) is 0.500. The van der Waals surface area contributed by atoms with Crippen LogP contribution in [0.25, 0.3) is 0 Å². The summed E-state index contributed by atoms with van der Waals surface area (Å²) in [5, 5.41) is 2.72. The first-order valence-corrected chi connectivity index (χ1v) is 9.03. The molecule has 0 unspecified atom stereocenters. The molecule has 5 nitrogen and oxygen atoms in total. The van der Waals surface area contributed by atoms with Crippen molar-refractivity contribution in [1.29, 1.82) is 0 Å². The quantitative estimate of drug-likeness (QED) is 0.807. The number of nitrogens with zero attached hydrogens (tertiary/aromatic N) is 2. The van der Waals surface area contributed by atoms with Crippen LogP contribution in [0.4, 0.5) is 0 Å². The van der Waals surface area contributed by atoms with Crippen molar-refractivity contribution in [3.8, 4) is 0 Å². The zero-order chi connectivity index (χ0) is 18.1. The fourth-order valence-electron chi connectivity index (χ4n) is 2.94. The van der Waals surface area contributed by atoms with Crippen molar-refractivity contribution in [2.75, 3.05) is 39.3 Å². The molecular weight excluding hydrogens is 314 g/mol. The number of hydrogen-bond acceptors (Lipinski definition) is 3. The van der Waals surface area contributed by atoms with Gasteiger partial charge in [0.05, 0.1) is 6.54 Å². The maximum Gasteiger partial charge on any atom is 0.251 e. The molecule has 25 heavy (non-hydrogen) atoms. The van der Waals surface area contributed by atoms with Gasteiger partial charge in [0.1, 0.15) is 0 Å². The first kappa shape index (κ1) is 19.2. The van der Waals surface area contributed by atoms with Gasteiger partial charge in [-0.15, -0.1) is 0 Å². The van der Waals surface area contributed by atoms with Crippen LogP contribution >= 0.6 is 0 Å². The lowest BCUT2D eigenvalue weighted by molar-refractivity contribution is -0.130. The summed E-state index contributed by atoms with van der Waals surface area (Å²) < 4.78 is 0. The first-order chi connectivity index (χ1) is 12.1. The smallest absolute Gasteiger partial charge is 0.251 e. The molecule has 0 radical (unpaired) electrons. The minimum absolute atomic E-state index is 0.00423. The van der Waals surface area contributed by atoms with Gasteiger partial charge >= 0.3 is 0 Å². The van der Waals surface area contributed by atoms with Gasteiger partial charge in [0.2, 0.25) is 5.91 Å². The largest absolute Gasteiger partial charge is 0.343 e. The van der Waals surface area contributed by atoms with Crippen molar-refractivity contribution < 1.29 is 9.59 Å². The van der Waals surface area contributed by atoms with Gasteiger partial charge in [-0.1, -0.05) is 29.8 Å². The highest BCUT2D eigenvalue weighted by Gasteiger charge is 2.19. The van der Waals surface area contributed by atoms with E-state index < -0.39 is 0 Å². The summed E-state index contributed by atoms with van der Waals surface area (Å²) in [7, 11) is 0. The maximum atomic E-state index is 12.4. The van der Waals surface area contributed by atoms with Gasteiger partial charge in [-0.3, -0.25) is 9.59 Å². The Balaban J connectivity index is 1.75. The summed E-state index contributed by atoms with van der Waals surface area (Å²) in [6, 6.07) is 8.99. The summed E-state index contributed by atoms with van der Waals surface area (Å²) in [5.41, 5.74) is 1.93. The molecule has 0 aromatic heterocycles. The van der Waals surface area contributed by atoms with Gasteiger partial charge in [-0.25, -0.2) is 0 Å². The molecule has 0 atom stereocenters. The summed E-state index contributed by atoms with van der Waals surface area (Å²) >= 11 is 0. The van der Waals surface area contributed by atoms with Gasteiger partial charge < -0.3 is 15.1 Å². The number of hydrogen-bond donors (Lipinski definition) is 1. The average Bonchev–Trinajstić information content (AvgIpc) is 2.85. The molecular formula is C20H29N3O2. The van der Waals surface area contributed by atoms with E-state index in [4.69, 9.17) is 0 Å². The van der Waals surface area contributed by atoms with Crippen molar-refractivity contribution in [1.82, 2.24) is 15.1 Å². The van der Waals surface area contributed by atoms with Crippen LogP contribution in [0.1, 0.15) is 37.0 Å². The number of nitrogens with one attached hydrogen (secondary N) is 1. The van der Waals surface area contributed by atoms with Crippen LogP contribution in [-0.2, 0) is 4.79 Å². The average molecular weight is 343 g/mol. The second-order valence-electron chi connectivity index (χ2n) is 6.69. The Morgan fingerprint density at radius 1 is 1.08 bits per heavy atom. The Hall–Kier alpha value is -2.14. The third-order valence-electron chi connectivity index (χ3n) is 4.38. The number of amides is 2. The van der Waals surface area contributed by atoms with Gasteiger partial charge in [-0.2, -0.15) is 0 Å². The zero-order valence-corrected chi connectivity index (χ0v) is 15.3. The fourth-order valence-corrected chi connectivity index (χ4v) is 2.94. The summed E-state index contributed by atoms with van der Waals surface area (Å²) in [6.07, 6.45) is 4.30. The Bertz CT molecular complexity index is 594. The van der Waals surface area contributed by atoms with Crippen molar-refractivity contribution in [3.05, 3.63) is 47.5 Å². The second-order valence-corrected chi connectivity index (χ2v) is 6.69. The summed E-state index contributed by atoms with van der Waals surface area (Å²) in [5.74, 6) is -0.206. The number of carbonyl (C=O) groups excluding carboxylic acids is 2. The highest BCUT2D eigenvalue weighted by molar-refractivity contribution is 5.96. The molecule has 1 aliphatic rings. The van der Waals surface area contributed by atoms with Crippen LogP contribution in [0.3, 0.4) is 0 Å². The molecule has 1 aromatic rings. The van der Waals surface area contributed by atoms with E-state index in [9.17, 15) is 9.59 Å². The molecule has 0 saturated carbocycles. The third kappa shape index (κ3) is 6.70. The van der Waals surface area contributed by atoms with E-state index in [1.807, 2.05) is 23.1 Å². The standard InChI is InChI=1S/C20H29N3O2/c1-17(2)8-6-11-22-12-7-13-23(15-14-22)19(24)16-21-20(25)18-9-4-3-5-10-18/h3-5,8-10H,6-7,11-16H2,1-2H3,(H,21,25). The number of carbonyl (C=O) groups is 2. The number of rotatable bonds is 6. The molecule has 5 heteroatoms. The molecule has 0 spiro atoms. The van der Waals surface area contributed by atoms with Crippen molar-refractivity contribution >= 4 is 11.8 Å². The highest BCUT2D eigenvalue weighted by atomic mass is 16.2. The Kier molecular flexibility index (Phi) is 7.67. The van der Waals surface area contributed by atoms with E-state index >= 15 is 0 Å². The monoisotopic (exact) mass is 343 g/mol. The van der Waals surface area contributed by atoms with E-state index in [1.165, 1.54) is 5.57 Å². The molecule has 1 N–H and O–H groups in total. The van der Waals surface area contributed by atoms with Gasteiger partial charge in [0.15, 0.2) is 0 Å². The molecule has 1 aliphatic heterocycles. The minimum atomic E-state index is -0.202. The lowest BCUT2D eigenvalue weighted by Gasteiger charge is -2.22. The van der Waals surface area contributed by atoms with Gasteiger partial charge in [-0.05, 0) is 45.4 Å². The number of benzene rings is 1. The lowest BCUT2D eigenvalue weighted by Crippen LogP contribution is -2.42. The SMILES string of the molecule is CC(C)=CCCN1CCCN(C(=O)CNC(=O)c2ccccc2)CC1.